The summed E-state index contributed by atoms with van der Waals surface area (Å²) in [6, 6.07) is 8.83. The Bertz CT molecular complexity index is 1080. The summed E-state index contributed by atoms with van der Waals surface area (Å²) in [5, 5.41) is 17.7. The minimum atomic E-state index is -0.812. The van der Waals surface area contributed by atoms with Crippen LogP contribution in [0.1, 0.15) is 24.3 Å². The molecule has 0 unspecified atom stereocenters. The van der Waals surface area contributed by atoms with Gasteiger partial charge >= 0.3 is 6.09 Å². The molecule has 0 saturated carbocycles. The average Bonchev–Trinajstić information content (AvgIpc) is 3.02. The van der Waals surface area contributed by atoms with E-state index in [2.05, 4.69) is 15.4 Å². The lowest BCUT2D eigenvalue weighted by Gasteiger charge is -2.15. The van der Waals surface area contributed by atoms with E-state index in [0.29, 0.717) is 11.3 Å². The first-order valence-electron chi connectivity index (χ1n) is 8.64. The number of hydrogen-bond acceptors (Lipinski definition) is 6. The van der Waals surface area contributed by atoms with Gasteiger partial charge in [0.1, 0.15) is 23.4 Å². The van der Waals surface area contributed by atoms with E-state index in [0.717, 1.165) is 0 Å². The van der Waals surface area contributed by atoms with Crippen molar-refractivity contribution >= 4 is 17.6 Å². The van der Waals surface area contributed by atoms with Crippen LogP contribution in [-0.2, 0) is 11.8 Å². The Morgan fingerprint density at radius 3 is 2.69 bits per heavy atom. The number of aromatic nitrogens is 3. The molecule has 1 N–H and O–H groups in total. The summed E-state index contributed by atoms with van der Waals surface area (Å²) in [6.45, 7) is 3.08. The zero-order valence-corrected chi connectivity index (χ0v) is 15.9. The first kappa shape index (κ1) is 19.9. The third-order valence-electron chi connectivity index (χ3n) is 4.32. The molecule has 9 nitrogen and oxygen atoms in total. The second-order valence-corrected chi connectivity index (χ2v) is 6.28. The summed E-state index contributed by atoms with van der Waals surface area (Å²) in [5.41, 5.74) is 1.24. The number of anilines is 1. The Hall–Kier alpha value is -3.82. The van der Waals surface area contributed by atoms with Gasteiger partial charge in [0.25, 0.3) is 5.69 Å². The van der Waals surface area contributed by atoms with Gasteiger partial charge in [-0.25, -0.2) is 14.2 Å². The van der Waals surface area contributed by atoms with Gasteiger partial charge in [0.2, 0.25) is 0 Å². The zero-order chi connectivity index (χ0) is 21.1. The van der Waals surface area contributed by atoms with Crippen molar-refractivity contribution in [3.63, 3.8) is 0 Å². The van der Waals surface area contributed by atoms with Gasteiger partial charge in [-0.05, 0) is 26.0 Å². The Labute approximate surface area is 165 Å². The summed E-state index contributed by atoms with van der Waals surface area (Å²) in [5.74, 6) is -0.184. The maximum absolute atomic E-state index is 13.9. The predicted molar refractivity (Wildman–Crippen MR) is 103 cm³/mol. The van der Waals surface area contributed by atoms with Crippen LogP contribution < -0.4 is 5.32 Å². The fourth-order valence-electron chi connectivity index (χ4n) is 2.82. The molecule has 0 aliphatic rings. The van der Waals surface area contributed by atoms with Crippen LogP contribution in [0.3, 0.4) is 0 Å². The molecule has 0 radical (unpaired) electrons. The lowest BCUT2D eigenvalue weighted by Crippen LogP contribution is -2.19. The van der Waals surface area contributed by atoms with Crippen LogP contribution in [0.15, 0.2) is 42.6 Å². The Balaban J connectivity index is 1.81. The Morgan fingerprint density at radius 2 is 2.03 bits per heavy atom. The number of rotatable bonds is 5. The molecule has 0 aliphatic carbocycles. The average molecular weight is 399 g/mol. The number of carbonyl (C=O) groups excluding carboxylic acids is 1. The van der Waals surface area contributed by atoms with Gasteiger partial charge in [-0.1, -0.05) is 18.2 Å². The van der Waals surface area contributed by atoms with Crippen LogP contribution in [0, 0.1) is 22.9 Å². The molecule has 0 fully saturated rings. The van der Waals surface area contributed by atoms with Gasteiger partial charge in [0.05, 0.1) is 22.4 Å². The molecule has 0 saturated heterocycles. The highest BCUT2D eigenvalue weighted by Gasteiger charge is 2.20. The molecule has 0 bridgehead atoms. The topological polar surface area (TPSA) is 112 Å². The van der Waals surface area contributed by atoms with Crippen molar-refractivity contribution < 1.29 is 18.8 Å². The van der Waals surface area contributed by atoms with Crippen molar-refractivity contribution in [2.24, 2.45) is 7.05 Å². The van der Waals surface area contributed by atoms with Crippen molar-refractivity contribution in [2.75, 3.05) is 5.32 Å². The minimum absolute atomic E-state index is 0.106. The smallest absolute Gasteiger partial charge is 0.413 e. The number of hydrogen-bond donors (Lipinski definition) is 1. The second-order valence-electron chi connectivity index (χ2n) is 6.28. The molecule has 2 aromatic heterocycles. The van der Waals surface area contributed by atoms with E-state index in [1.54, 1.807) is 26.1 Å². The molecule has 1 aromatic carbocycles. The van der Waals surface area contributed by atoms with E-state index in [1.165, 1.54) is 42.1 Å². The number of nitrogens with one attached hydrogen (secondary N) is 1. The third-order valence-corrected chi connectivity index (χ3v) is 4.32. The van der Waals surface area contributed by atoms with E-state index in [-0.39, 0.29) is 22.8 Å². The highest BCUT2D eigenvalue weighted by Crippen LogP contribution is 2.29. The number of amides is 1. The van der Waals surface area contributed by atoms with Crippen molar-refractivity contribution in [3.8, 4) is 11.3 Å². The van der Waals surface area contributed by atoms with E-state index in [4.69, 9.17) is 4.74 Å². The van der Waals surface area contributed by atoms with Crippen LogP contribution in [0.5, 0.6) is 0 Å². The fourth-order valence-corrected chi connectivity index (χ4v) is 2.82. The fraction of sp³-hybridized carbons (Fsp3) is 0.211. The lowest BCUT2D eigenvalue weighted by atomic mass is 10.1. The number of ether oxygens (including phenoxy) is 1. The van der Waals surface area contributed by atoms with Crippen molar-refractivity contribution in [1.29, 1.82) is 0 Å². The highest BCUT2D eigenvalue weighted by molar-refractivity contribution is 5.89. The van der Waals surface area contributed by atoms with E-state index >= 15 is 0 Å². The van der Waals surface area contributed by atoms with Crippen LogP contribution >= 0.6 is 0 Å². The maximum Gasteiger partial charge on any atom is 0.413 e. The molecule has 29 heavy (non-hydrogen) atoms. The van der Waals surface area contributed by atoms with Gasteiger partial charge in [0.15, 0.2) is 0 Å². The van der Waals surface area contributed by atoms with Gasteiger partial charge in [0, 0.05) is 18.7 Å². The lowest BCUT2D eigenvalue weighted by molar-refractivity contribution is -0.385. The van der Waals surface area contributed by atoms with Gasteiger partial charge in [-0.15, -0.1) is 0 Å². The van der Waals surface area contributed by atoms with E-state index in [9.17, 15) is 19.3 Å². The minimum Gasteiger partial charge on any atom is -0.441 e. The number of aryl methyl sites for hydroxylation is 2. The Kier molecular flexibility index (Phi) is 5.53. The van der Waals surface area contributed by atoms with Crippen LogP contribution in [0.4, 0.5) is 20.7 Å². The molecule has 3 aromatic rings. The first-order chi connectivity index (χ1) is 13.8. The monoisotopic (exact) mass is 399 g/mol. The van der Waals surface area contributed by atoms with Crippen LogP contribution in [0.2, 0.25) is 0 Å². The maximum atomic E-state index is 13.9. The van der Waals surface area contributed by atoms with Crippen LogP contribution in [-0.4, -0.2) is 25.8 Å². The number of pyridine rings is 1. The largest absolute Gasteiger partial charge is 0.441 e. The predicted octanol–water partition coefficient (Wildman–Crippen LogP) is 4.15. The summed E-state index contributed by atoms with van der Waals surface area (Å²) < 4.78 is 20.5. The Morgan fingerprint density at radius 1 is 1.31 bits per heavy atom. The molecule has 10 heteroatoms. The summed E-state index contributed by atoms with van der Waals surface area (Å²) >= 11 is 0. The second kappa shape index (κ2) is 8.05. The van der Waals surface area contributed by atoms with Crippen molar-refractivity contribution in [2.45, 2.75) is 20.0 Å². The molecule has 3 rings (SSSR count). The number of benzene rings is 1. The molecule has 150 valence electrons. The molecule has 1 amide bonds. The number of nitrogens with zero attached hydrogens (tertiary/aromatic N) is 4. The third kappa shape index (κ3) is 4.21. The standard InChI is InChI=1S/C19H18FN5O4/c1-11-17(25(27)28)9-8-16(22-11)14-10-21-24(3)18(14)23-19(26)29-12(2)13-6-4-5-7-15(13)20/h4-10,12H,1-3H3,(H,23,26)/t12-/m1/s1. The SMILES string of the molecule is Cc1nc(-c2cnn(C)c2NC(=O)O[C@H](C)c2ccccc2F)ccc1[N+](=O)[O-]. The number of nitro groups is 1. The van der Waals surface area contributed by atoms with Gasteiger partial charge < -0.3 is 4.74 Å². The first-order valence-corrected chi connectivity index (χ1v) is 8.64. The molecule has 0 aliphatic heterocycles. The van der Waals surface area contributed by atoms with E-state index < -0.39 is 22.9 Å². The van der Waals surface area contributed by atoms with Crippen LogP contribution in [0.25, 0.3) is 11.3 Å². The molecule has 2 heterocycles. The molecule has 1 atom stereocenters. The summed E-state index contributed by atoms with van der Waals surface area (Å²) in [6.07, 6.45) is -0.138. The zero-order valence-electron chi connectivity index (χ0n) is 15.9. The quantitative estimate of drug-likeness (QED) is 0.509. The number of carbonyl (C=O) groups is 1. The van der Waals surface area contributed by atoms with E-state index in [1.807, 2.05) is 0 Å². The molecular weight excluding hydrogens is 381 g/mol. The number of halogens is 1. The summed E-state index contributed by atoms with van der Waals surface area (Å²) in [4.78, 5) is 27.0. The highest BCUT2D eigenvalue weighted by atomic mass is 19.1. The van der Waals surface area contributed by atoms with Crippen molar-refractivity contribution in [1.82, 2.24) is 14.8 Å². The summed E-state index contributed by atoms with van der Waals surface area (Å²) in [7, 11) is 1.61. The molecule has 0 spiro atoms. The van der Waals surface area contributed by atoms with Gasteiger partial charge in [-0.2, -0.15) is 5.10 Å². The van der Waals surface area contributed by atoms with Gasteiger partial charge in [-0.3, -0.25) is 20.1 Å². The molecular formula is C19H18FN5O4. The normalized spacial score (nSPS) is 11.7. The van der Waals surface area contributed by atoms with Crippen molar-refractivity contribution in [3.05, 3.63) is 69.8 Å².